The molecule has 2 rings (SSSR count). The number of aromatic nitrogens is 1. The lowest BCUT2D eigenvalue weighted by Gasteiger charge is -2.17. The van der Waals surface area contributed by atoms with Crippen molar-refractivity contribution in [3.63, 3.8) is 0 Å². The fourth-order valence-electron chi connectivity index (χ4n) is 1.91. The van der Waals surface area contributed by atoms with Gasteiger partial charge in [0, 0.05) is 17.8 Å². The maximum absolute atomic E-state index is 12.3. The molecule has 0 aliphatic carbocycles. The second-order valence-corrected chi connectivity index (χ2v) is 6.50. The Morgan fingerprint density at radius 1 is 1.24 bits per heavy atom. The van der Waals surface area contributed by atoms with Gasteiger partial charge in [0.2, 0.25) is 10.0 Å². The number of ether oxygens (including phenoxy) is 1. The molecule has 5 nitrogen and oxygen atoms in total. The molecule has 7 heteroatoms. The molecule has 0 spiro atoms. The highest BCUT2D eigenvalue weighted by molar-refractivity contribution is 7.89. The molecule has 21 heavy (non-hydrogen) atoms. The molecule has 1 aromatic carbocycles. The van der Waals surface area contributed by atoms with Gasteiger partial charge in [0.25, 0.3) is 0 Å². The van der Waals surface area contributed by atoms with E-state index in [2.05, 4.69) is 9.71 Å². The zero-order chi connectivity index (χ0) is 15.5. The van der Waals surface area contributed by atoms with Gasteiger partial charge in [-0.3, -0.25) is 0 Å². The lowest BCUT2D eigenvalue weighted by Crippen LogP contribution is -2.27. The van der Waals surface area contributed by atoms with Crippen LogP contribution >= 0.6 is 11.6 Å². The number of hydrogen-bond acceptors (Lipinski definition) is 4. The number of sulfonamides is 1. The molecule has 0 bridgehead atoms. The average Bonchev–Trinajstić information content (AvgIpc) is 2.47. The smallest absolute Gasteiger partial charge is 0.242 e. The van der Waals surface area contributed by atoms with Crippen LogP contribution in [0.1, 0.15) is 18.5 Å². The number of nitrogens with zero attached hydrogens (tertiary/aromatic N) is 1. The summed E-state index contributed by atoms with van der Waals surface area (Å²) in [5, 5.41) is 0.242. The van der Waals surface area contributed by atoms with Crippen LogP contribution in [0.2, 0.25) is 5.15 Å². The SMILES string of the molecule is COc1ccccc1[C@H](C)NS(=O)(=O)c1ccc(Cl)nc1. The van der Waals surface area contributed by atoms with Crippen molar-refractivity contribution in [3.8, 4) is 5.75 Å². The van der Waals surface area contributed by atoms with Crippen molar-refractivity contribution >= 4 is 21.6 Å². The zero-order valence-electron chi connectivity index (χ0n) is 11.6. The average molecular weight is 327 g/mol. The van der Waals surface area contributed by atoms with Gasteiger partial charge in [0.1, 0.15) is 15.8 Å². The van der Waals surface area contributed by atoms with Crippen molar-refractivity contribution < 1.29 is 13.2 Å². The highest BCUT2D eigenvalue weighted by Gasteiger charge is 2.20. The Morgan fingerprint density at radius 3 is 2.57 bits per heavy atom. The molecule has 2 aromatic rings. The summed E-state index contributed by atoms with van der Waals surface area (Å²) in [6, 6.07) is 9.65. The number of nitrogens with one attached hydrogen (secondary N) is 1. The second kappa shape index (κ2) is 6.43. The van der Waals surface area contributed by atoms with Gasteiger partial charge >= 0.3 is 0 Å². The minimum Gasteiger partial charge on any atom is -0.496 e. The molecule has 0 saturated carbocycles. The van der Waals surface area contributed by atoms with E-state index in [0.29, 0.717) is 5.75 Å². The highest BCUT2D eigenvalue weighted by atomic mass is 35.5. The summed E-state index contributed by atoms with van der Waals surface area (Å²) in [5.74, 6) is 0.627. The van der Waals surface area contributed by atoms with Gasteiger partial charge in [-0.25, -0.2) is 18.1 Å². The van der Waals surface area contributed by atoms with Crippen LogP contribution < -0.4 is 9.46 Å². The van der Waals surface area contributed by atoms with Crippen LogP contribution in [0.15, 0.2) is 47.5 Å². The fraction of sp³-hybridized carbons (Fsp3) is 0.214. The van der Waals surface area contributed by atoms with Crippen molar-refractivity contribution in [2.45, 2.75) is 17.9 Å². The van der Waals surface area contributed by atoms with E-state index in [0.717, 1.165) is 5.56 Å². The number of hydrogen-bond donors (Lipinski definition) is 1. The monoisotopic (exact) mass is 326 g/mol. The van der Waals surface area contributed by atoms with E-state index < -0.39 is 16.1 Å². The summed E-state index contributed by atoms with van der Waals surface area (Å²) < 4.78 is 32.4. The van der Waals surface area contributed by atoms with Gasteiger partial charge < -0.3 is 4.74 Å². The largest absolute Gasteiger partial charge is 0.496 e. The molecule has 0 aliphatic heterocycles. The molecule has 0 amide bonds. The van der Waals surface area contributed by atoms with Gasteiger partial charge in [-0.2, -0.15) is 0 Å². The normalized spacial score (nSPS) is 12.9. The minimum atomic E-state index is -3.68. The lowest BCUT2D eigenvalue weighted by atomic mass is 10.1. The number of benzene rings is 1. The third kappa shape index (κ3) is 3.72. The third-order valence-electron chi connectivity index (χ3n) is 2.95. The predicted molar refractivity (Wildman–Crippen MR) is 81.0 cm³/mol. The summed E-state index contributed by atoms with van der Waals surface area (Å²) in [6.45, 7) is 1.75. The van der Waals surface area contributed by atoms with E-state index in [4.69, 9.17) is 16.3 Å². The van der Waals surface area contributed by atoms with Crippen molar-refractivity contribution in [1.29, 1.82) is 0 Å². The first-order chi connectivity index (χ1) is 9.94. The zero-order valence-corrected chi connectivity index (χ0v) is 13.1. The number of rotatable bonds is 5. The van der Waals surface area contributed by atoms with Crippen LogP contribution in [0.4, 0.5) is 0 Å². The Kier molecular flexibility index (Phi) is 4.82. The van der Waals surface area contributed by atoms with Gasteiger partial charge in [0.15, 0.2) is 0 Å². The first-order valence-electron chi connectivity index (χ1n) is 6.21. The molecular formula is C14H15ClN2O3S. The van der Waals surface area contributed by atoms with Crippen LogP contribution in [0, 0.1) is 0 Å². The van der Waals surface area contributed by atoms with E-state index in [1.54, 1.807) is 20.1 Å². The van der Waals surface area contributed by atoms with E-state index in [-0.39, 0.29) is 10.0 Å². The summed E-state index contributed by atoms with van der Waals surface area (Å²) >= 11 is 5.66. The lowest BCUT2D eigenvalue weighted by molar-refractivity contribution is 0.405. The maximum atomic E-state index is 12.3. The Balaban J connectivity index is 2.25. The minimum absolute atomic E-state index is 0.0636. The van der Waals surface area contributed by atoms with Crippen molar-refractivity contribution in [3.05, 3.63) is 53.3 Å². The van der Waals surface area contributed by atoms with Crippen molar-refractivity contribution in [2.75, 3.05) is 7.11 Å². The third-order valence-corrected chi connectivity index (χ3v) is 4.70. The topological polar surface area (TPSA) is 68.3 Å². The van der Waals surface area contributed by atoms with Crippen LogP contribution in [-0.2, 0) is 10.0 Å². The number of para-hydroxylation sites is 1. The van der Waals surface area contributed by atoms with Crippen LogP contribution in [0.5, 0.6) is 5.75 Å². The number of methoxy groups -OCH3 is 1. The first-order valence-corrected chi connectivity index (χ1v) is 8.07. The molecule has 1 atom stereocenters. The van der Waals surface area contributed by atoms with Gasteiger partial charge in [-0.1, -0.05) is 29.8 Å². The van der Waals surface area contributed by atoms with Gasteiger partial charge in [-0.15, -0.1) is 0 Å². The number of halogens is 1. The predicted octanol–water partition coefficient (Wildman–Crippen LogP) is 2.78. The van der Waals surface area contributed by atoms with E-state index in [1.165, 1.54) is 18.3 Å². The second-order valence-electron chi connectivity index (χ2n) is 4.40. The summed E-state index contributed by atoms with van der Waals surface area (Å²) in [4.78, 5) is 3.84. The molecular weight excluding hydrogens is 312 g/mol. The van der Waals surface area contributed by atoms with Gasteiger partial charge in [-0.05, 0) is 25.1 Å². The molecule has 112 valence electrons. The maximum Gasteiger partial charge on any atom is 0.242 e. The van der Waals surface area contributed by atoms with Crippen LogP contribution in [0.25, 0.3) is 0 Å². The van der Waals surface area contributed by atoms with Crippen LogP contribution in [-0.4, -0.2) is 20.5 Å². The molecule has 1 N–H and O–H groups in total. The molecule has 1 aromatic heterocycles. The molecule has 0 saturated heterocycles. The molecule has 0 radical (unpaired) electrons. The summed E-state index contributed by atoms with van der Waals surface area (Å²) in [6.07, 6.45) is 1.22. The Labute approximate surface area is 129 Å². The van der Waals surface area contributed by atoms with Gasteiger partial charge in [0.05, 0.1) is 7.11 Å². The van der Waals surface area contributed by atoms with Crippen molar-refractivity contribution in [1.82, 2.24) is 9.71 Å². The summed E-state index contributed by atoms with van der Waals surface area (Å²) in [7, 11) is -2.13. The standard InChI is InChI=1S/C14H15ClN2O3S/c1-10(12-5-3-4-6-13(12)20-2)17-21(18,19)11-7-8-14(15)16-9-11/h3-10,17H,1-2H3/t10-/m0/s1. The quantitative estimate of drug-likeness (QED) is 0.858. The van der Waals surface area contributed by atoms with E-state index in [9.17, 15) is 8.42 Å². The number of pyridine rings is 1. The summed E-state index contributed by atoms with van der Waals surface area (Å²) in [5.41, 5.74) is 0.755. The first kappa shape index (κ1) is 15.8. The molecule has 0 aliphatic rings. The highest BCUT2D eigenvalue weighted by Crippen LogP contribution is 2.25. The Bertz CT molecular complexity index is 717. The van der Waals surface area contributed by atoms with Crippen molar-refractivity contribution in [2.24, 2.45) is 0 Å². The molecule has 0 fully saturated rings. The molecule has 1 heterocycles. The Hall–Kier alpha value is -1.63. The fourth-order valence-corrected chi connectivity index (χ4v) is 3.19. The van der Waals surface area contributed by atoms with E-state index >= 15 is 0 Å². The van der Waals surface area contributed by atoms with Crippen LogP contribution in [0.3, 0.4) is 0 Å². The van der Waals surface area contributed by atoms with E-state index in [1.807, 2.05) is 18.2 Å². The molecule has 0 unspecified atom stereocenters. The Morgan fingerprint density at radius 2 is 1.95 bits per heavy atom.